The lowest BCUT2D eigenvalue weighted by atomic mass is 10.2. The van der Waals surface area contributed by atoms with Crippen molar-refractivity contribution in [2.24, 2.45) is 0 Å². The predicted octanol–water partition coefficient (Wildman–Crippen LogP) is 0.784. The summed E-state index contributed by atoms with van der Waals surface area (Å²) in [7, 11) is -3.26. The molecule has 2 rings (SSSR count). The summed E-state index contributed by atoms with van der Waals surface area (Å²) in [6, 6.07) is 6.92. The van der Waals surface area contributed by atoms with Crippen LogP contribution in [0.5, 0.6) is 0 Å². The van der Waals surface area contributed by atoms with Crippen LogP contribution >= 0.6 is 0 Å². The molecular weight excluding hydrogens is 262 g/mol. The molecule has 1 fully saturated rings. The maximum atomic E-state index is 11.9. The number of hydrogen-bond donors (Lipinski definition) is 2. The van der Waals surface area contributed by atoms with Gasteiger partial charge in [0.2, 0.25) is 10.0 Å². The minimum atomic E-state index is -3.26. The van der Waals surface area contributed by atoms with E-state index in [0.717, 1.165) is 25.2 Å². The van der Waals surface area contributed by atoms with Crippen molar-refractivity contribution >= 4 is 15.7 Å². The molecule has 0 unspecified atom stereocenters. The van der Waals surface area contributed by atoms with Crippen molar-refractivity contribution in [3.05, 3.63) is 29.8 Å². The third kappa shape index (κ3) is 4.81. The van der Waals surface area contributed by atoms with Crippen LogP contribution in [-0.2, 0) is 15.8 Å². The smallest absolute Gasteiger partial charge is 0.215 e. The van der Waals surface area contributed by atoms with Gasteiger partial charge in [0.05, 0.1) is 5.75 Å². The molecule has 0 amide bonds. The molecule has 3 N–H and O–H groups in total. The fraction of sp³-hybridized carbons (Fsp3) is 0.538. The number of sulfonamides is 1. The summed E-state index contributed by atoms with van der Waals surface area (Å²) in [4.78, 5) is 2.28. The van der Waals surface area contributed by atoms with Crippen LogP contribution in [0.2, 0.25) is 0 Å². The molecular formula is C13H21N3O2S. The highest BCUT2D eigenvalue weighted by Crippen LogP contribution is 2.09. The van der Waals surface area contributed by atoms with Gasteiger partial charge >= 0.3 is 0 Å². The molecule has 0 spiro atoms. The number of nitrogens with two attached hydrogens (primary N) is 1. The first-order valence-corrected chi connectivity index (χ1v) is 8.24. The third-order valence-electron chi connectivity index (χ3n) is 3.29. The van der Waals surface area contributed by atoms with Crippen LogP contribution in [0.3, 0.4) is 0 Å². The quantitative estimate of drug-likeness (QED) is 0.757. The molecule has 106 valence electrons. The van der Waals surface area contributed by atoms with Crippen LogP contribution in [0.1, 0.15) is 18.4 Å². The fourth-order valence-corrected chi connectivity index (χ4v) is 3.39. The summed E-state index contributed by atoms with van der Waals surface area (Å²) >= 11 is 0. The summed E-state index contributed by atoms with van der Waals surface area (Å²) in [5, 5.41) is 0. The Morgan fingerprint density at radius 2 is 1.79 bits per heavy atom. The largest absolute Gasteiger partial charge is 0.399 e. The molecule has 0 atom stereocenters. The van der Waals surface area contributed by atoms with Gasteiger partial charge in [-0.15, -0.1) is 0 Å². The monoisotopic (exact) mass is 283 g/mol. The molecule has 1 saturated heterocycles. The zero-order valence-electron chi connectivity index (χ0n) is 11.0. The van der Waals surface area contributed by atoms with Gasteiger partial charge in [-0.2, -0.15) is 0 Å². The third-order valence-corrected chi connectivity index (χ3v) is 4.64. The van der Waals surface area contributed by atoms with E-state index in [1.807, 2.05) is 0 Å². The predicted molar refractivity (Wildman–Crippen MR) is 77.2 cm³/mol. The van der Waals surface area contributed by atoms with Gasteiger partial charge in [-0.05, 0) is 43.6 Å². The molecule has 19 heavy (non-hydrogen) atoms. The van der Waals surface area contributed by atoms with E-state index >= 15 is 0 Å². The second kappa shape index (κ2) is 6.36. The van der Waals surface area contributed by atoms with Crippen LogP contribution in [-0.4, -0.2) is 39.5 Å². The Hall–Kier alpha value is -1.11. The van der Waals surface area contributed by atoms with E-state index in [9.17, 15) is 8.42 Å². The highest BCUT2D eigenvalue weighted by Gasteiger charge is 2.14. The Kier molecular flexibility index (Phi) is 4.79. The summed E-state index contributed by atoms with van der Waals surface area (Å²) in [5.74, 6) is 0.00722. The molecule has 0 aromatic heterocycles. The zero-order valence-corrected chi connectivity index (χ0v) is 11.8. The fourth-order valence-electron chi connectivity index (χ4n) is 2.25. The van der Waals surface area contributed by atoms with Crippen molar-refractivity contribution in [3.63, 3.8) is 0 Å². The number of nitrogen functional groups attached to an aromatic ring is 1. The van der Waals surface area contributed by atoms with Gasteiger partial charge in [0.25, 0.3) is 0 Å². The average molecular weight is 283 g/mol. The topological polar surface area (TPSA) is 75.4 Å². The van der Waals surface area contributed by atoms with Crippen molar-refractivity contribution in [3.8, 4) is 0 Å². The zero-order chi connectivity index (χ0) is 13.7. The van der Waals surface area contributed by atoms with Crippen LogP contribution in [0.25, 0.3) is 0 Å². The van der Waals surface area contributed by atoms with Crippen LogP contribution in [0, 0.1) is 0 Å². The molecule has 0 saturated carbocycles. The molecule has 6 heteroatoms. The number of hydrogen-bond acceptors (Lipinski definition) is 4. The van der Waals surface area contributed by atoms with Crippen molar-refractivity contribution in [2.75, 3.05) is 31.9 Å². The van der Waals surface area contributed by atoms with Crippen molar-refractivity contribution in [1.82, 2.24) is 9.62 Å². The van der Waals surface area contributed by atoms with Gasteiger partial charge in [-0.3, -0.25) is 0 Å². The molecule has 1 aliphatic heterocycles. The van der Waals surface area contributed by atoms with Crippen molar-refractivity contribution in [2.45, 2.75) is 18.6 Å². The van der Waals surface area contributed by atoms with Crippen molar-refractivity contribution < 1.29 is 8.42 Å². The molecule has 1 aromatic carbocycles. The van der Waals surface area contributed by atoms with Gasteiger partial charge < -0.3 is 10.6 Å². The van der Waals surface area contributed by atoms with E-state index in [0.29, 0.717) is 12.2 Å². The number of benzene rings is 1. The molecule has 1 aliphatic rings. The minimum absolute atomic E-state index is 0.00722. The van der Waals surface area contributed by atoms with E-state index in [1.54, 1.807) is 24.3 Å². The molecule has 1 heterocycles. The number of nitrogens with one attached hydrogen (secondary N) is 1. The Balaban J connectivity index is 1.79. The lowest BCUT2D eigenvalue weighted by Gasteiger charge is -2.14. The van der Waals surface area contributed by atoms with Gasteiger partial charge in [0.1, 0.15) is 0 Å². The van der Waals surface area contributed by atoms with Crippen LogP contribution in [0.4, 0.5) is 5.69 Å². The second-order valence-electron chi connectivity index (χ2n) is 4.94. The minimum Gasteiger partial charge on any atom is -0.399 e. The summed E-state index contributed by atoms with van der Waals surface area (Å²) < 4.78 is 26.4. The number of rotatable bonds is 6. The van der Waals surface area contributed by atoms with E-state index < -0.39 is 10.0 Å². The Morgan fingerprint density at radius 3 is 2.42 bits per heavy atom. The number of anilines is 1. The van der Waals surface area contributed by atoms with Gasteiger partial charge in [-0.1, -0.05) is 12.1 Å². The molecule has 0 aliphatic carbocycles. The van der Waals surface area contributed by atoms with Gasteiger partial charge in [0.15, 0.2) is 0 Å². The number of likely N-dealkylation sites (tertiary alicyclic amines) is 1. The standard InChI is InChI=1S/C13H21N3O2S/c14-13-5-3-12(4-6-13)11-19(17,18)15-7-10-16-8-1-2-9-16/h3-6,15H,1-2,7-11,14H2. The second-order valence-corrected chi connectivity index (χ2v) is 6.75. The van der Waals surface area contributed by atoms with E-state index in [1.165, 1.54) is 12.8 Å². The summed E-state index contributed by atoms with van der Waals surface area (Å²) in [6.07, 6.45) is 2.44. The normalized spacial score (nSPS) is 16.8. The highest BCUT2D eigenvalue weighted by molar-refractivity contribution is 7.88. The summed E-state index contributed by atoms with van der Waals surface area (Å²) in [6.45, 7) is 3.44. The molecule has 0 radical (unpaired) electrons. The van der Waals surface area contributed by atoms with Gasteiger partial charge in [-0.25, -0.2) is 13.1 Å². The van der Waals surface area contributed by atoms with E-state index in [-0.39, 0.29) is 5.75 Å². The van der Waals surface area contributed by atoms with Crippen molar-refractivity contribution in [1.29, 1.82) is 0 Å². The first kappa shape index (κ1) is 14.3. The van der Waals surface area contributed by atoms with Crippen LogP contribution < -0.4 is 10.5 Å². The Morgan fingerprint density at radius 1 is 1.16 bits per heavy atom. The lowest BCUT2D eigenvalue weighted by Crippen LogP contribution is -2.34. The maximum Gasteiger partial charge on any atom is 0.215 e. The molecule has 1 aromatic rings. The SMILES string of the molecule is Nc1ccc(CS(=O)(=O)NCCN2CCCC2)cc1. The Bertz CT molecular complexity index is 493. The number of nitrogens with zero attached hydrogens (tertiary/aromatic N) is 1. The van der Waals surface area contributed by atoms with E-state index in [4.69, 9.17) is 5.73 Å². The average Bonchev–Trinajstić information content (AvgIpc) is 2.85. The lowest BCUT2D eigenvalue weighted by molar-refractivity contribution is 0.344. The Labute approximate surface area is 114 Å². The first-order chi connectivity index (χ1) is 9.05. The summed E-state index contributed by atoms with van der Waals surface area (Å²) in [5.41, 5.74) is 6.96. The highest BCUT2D eigenvalue weighted by atomic mass is 32.2. The first-order valence-electron chi connectivity index (χ1n) is 6.59. The van der Waals surface area contributed by atoms with E-state index in [2.05, 4.69) is 9.62 Å². The maximum absolute atomic E-state index is 11.9. The molecule has 5 nitrogen and oxygen atoms in total. The van der Waals surface area contributed by atoms with Crippen LogP contribution in [0.15, 0.2) is 24.3 Å². The van der Waals surface area contributed by atoms with Gasteiger partial charge in [0, 0.05) is 18.8 Å². The molecule has 0 bridgehead atoms.